The third kappa shape index (κ3) is 16.0. The quantitative estimate of drug-likeness (QED) is 0.128. The smallest absolute Gasteiger partial charge is 0.201 e. The molecule has 16 aromatic rings. The van der Waals surface area contributed by atoms with Crippen molar-refractivity contribution in [3.05, 3.63) is 356 Å². The Labute approximate surface area is 826 Å². The first-order chi connectivity index (χ1) is 66.0. The van der Waals surface area contributed by atoms with Crippen LogP contribution in [0.25, 0.3) is 133 Å². The molecule has 4 aromatic heterocycles. The number of aromatic nitrogens is 4. The zero-order valence-corrected chi connectivity index (χ0v) is 87.4. The van der Waals surface area contributed by atoms with E-state index in [1.165, 1.54) is 324 Å². The van der Waals surface area contributed by atoms with Crippen LogP contribution in [0.5, 0.6) is 0 Å². The fourth-order valence-electron chi connectivity index (χ4n) is 26.6. The number of benzene rings is 12. The highest BCUT2D eigenvalue weighted by Crippen LogP contribution is 2.62. The molecule has 4 heterocycles. The van der Waals surface area contributed by atoms with E-state index in [1.54, 1.807) is 0 Å². The predicted octanol–water partition coefficient (Wildman–Crippen LogP) is 33.3. The number of hydrogen-bond donors (Lipinski definition) is 0. The zero-order chi connectivity index (χ0) is 96.7. The van der Waals surface area contributed by atoms with Crippen LogP contribution in [-0.2, 0) is 79.9 Å². The van der Waals surface area contributed by atoms with Crippen molar-refractivity contribution in [2.45, 2.75) is 291 Å². The minimum atomic E-state index is -0.0484. The van der Waals surface area contributed by atoms with Crippen LogP contribution in [0, 0.1) is 40.5 Å². The molecule has 0 spiro atoms. The van der Waals surface area contributed by atoms with E-state index >= 15 is 0 Å². The first-order valence-corrected chi connectivity index (χ1v) is 52.7. The highest BCUT2D eigenvalue weighted by atomic mass is 14.9. The molecule has 0 amide bonds. The summed E-state index contributed by atoms with van der Waals surface area (Å²) >= 11 is 0. The molecule has 0 aliphatic heterocycles. The van der Waals surface area contributed by atoms with Gasteiger partial charge in [0, 0.05) is 75.4 Å². The molecule has 23 rings (SSSR count). The molecule has 0 saturated heterocycles. The molecule has 138 heavy (non-hydrogen) atoms. The average molecular weight is 1820 g/mol. The molecule has 7 aliphatic carbocycles. The summed E-state index contributed by atoms with van der Waals surface area (Å²) in [6, 6.07) is 90.8. The molecule has 0 bridgehead atoms. The summed E-state index contributed by atoms with van der Waals surface area (Å²) in [5.41, 5.74) is 46.9. The van der Waals surface area contributed by atoms with Crippen LogP contribution in [0.4, 0.5) is 0 Å². The third-order valence-corrected chi connectivity index (χ3v) is 36.7. The molecule has 0 radical (unpaired) electrons. The van der Waals surface area contributed by atoms with Crippen molar-refractivity contribution in [1.82, 2.24) is 0 Å². The Hall–Kier alpha value is -11.7. The van der Waals surface area contributed by atoms with Crippen molar-refractivity contribution >= 4 is 43.1 Å². The van der Waals surface area contributed by atoms with Crippen LogP contribution in [-0.4, -0.2) is 0 Å². The molecule has 702 valence electrons. The van der Waals surface area contributed by atoms with Crippen LogP contribution < -0.4 is 18.3 Å². The van der Waals surface area contributed by atoms with E-state index in [9.17, 15) is 0 Å². The van der Waals surface area contributed by atoms with Gasteiger partial charge in [0.25, 0.3) is 0 Å². The third-order valence-electron chi connectivity index (χ3n) is 36.7. The average Bonchev–Trinajstić information content (AvgIpc) is 0.730. The molecular formula is C134H150N4+4. The highest BCUT2D eigenvalue weighted by Gasteiger charge is 2.52. The maximum atomic E-state index is 2.52. The summed E-state index contributed by atoms with van der Waals surface area (Å²) < 4.78 is 9.31. The van der Waals surface area contributed by atoms with Crippen LogP contribution in [0.1, 0.15) is 299 Å². The Morgan fingerprint density at radius 3 is 1.30 bits per heavy atom. The van der Waals surface area contributed by atoms with Crippen molar-refractivity contribution in [2.24, 2.45) is 34.1 Å². The Morgan fingerprint density at radius 2 is 0.717 bits per heavy atom. The Bertz CT molecular complexity index is 7510. The summed E-state index contributed by atoms with van der Waals surface area (Å²) in [6.07, 6.45) is 31.8. The first-order valence-electron chi connectivity index (χ1n) is 52.7. The maximum absolute atomic E-state index is 2.52. The van der Waals surface area contributed by atoms with Gasteiger partial charge in [-0.3, -0.25) is 0 Å². The van der Waals surface area contributed by atoms with Crippen molar-refractivity contribution in [3.63, 3.8) is 0 Å². The summed E-state index contributed by atoms with van der Waals surface area (Å²) in [6.45, 7) is 45.4. The lowest BCUT2D eigenvalue weighted by Crippen LogP contribution is -2.45. The summed E-state index contributed by atoms with van der Waals surface area (Å²) in [7, 11) is 8.81. The van der Waals surface area contributed by atoms with E-state index in [4.69, 9.17) is 0 Å². The van der Waals surface area contributed by atoms with Crippen molar-refractivity contribution in [2.75, 3.05) is 0 Å². The standard InChI is InChI=1S/C36H42N.C35H40N.C34H38N.C29H30N/c1-24-16-18-30-29-19-17-27-14-10-11-15-28(27)33(29)35(2,3)36(4,5)34(30)32(24)31-23-26(20-21-37(31)6)22-25-12-8-7-9-13-25;1-23-20-31-29(22-28(23)32-21-26(18-19-36(32)6)24-12-8-7-9-13-24)33-27-15-11-10-14-25(27)16-17-30(33)34(2,3)35(31,4)5;1-22-19-30-29(21-28(22)31-20-25(17-18-35(31)6)23-11-7-8-12-23)27-16-15-24-13-9-10-14-26(24)32(27)34(4,5)33(30,2)3;1-18(2)26-16-28(30(5)17-20(26)4)29-19(3)10-12-24-25(29)13-11-23-14-21-8-6-7-9-22(21)15-27(23)24/h10-11,14-21,23,25H,7-9,12-13,22H2,1-6H3;10-11,14-22,24H,7-9,12-13H2,1-6H3;9-10,13-21,23H,7-8,11-12H2,1-6H3;6-10,12,14-18H,11,13H2,1-5H3/q4*+1. The maximum Gasteiger partial charge on any atom is 0.213 e. The minimum Gasteiger partial charge on any atom is -0.201 e. The second kappa shape index (κ2) is 36.2. The summed E-state index contributed by atoms with van der Waals surface area (Å²) in [4.78, 5) is 0. The second-order valence-electron chi connectivity index (χ2n) is 46.7. The number of rotatable bonds is 9. The van der Waals surface area contributed by atoms with Crippen LogP contribution in [0.2, 0.25) is 0 Å². The first kappa shape index (κ1) is 93.9. The molecule has 3 fully saturated rings. The monoisotopic (exact) mass is 1820 g/mol. The van der Waals surface area contributed by atoms with E-state index in [0.29, 0.717) is 11.8 Å². The van der Waals surface area contributed by atoms with Gasteiger partial charge in [-0.2, -0.15) is 0 Å². The molecule has 12 aromatic carbocycles. The molecule has 0 unspecified atom stereocenters. The van der Waals surface area contributed by atoms with Gasteiger partial charge in [0.2, 0.25) is 22.8 Å². The predicted molar refractivity (Wildman–Crippen MR) is 585 cm³/mol. The van der Waals surface area contributed by atoms with E-state index in [1.807, 2.05) is 0 Å². The van der Waals surface area contributed by atoms with Gasteiger partial charge in [0.1, 0.15) is 28.2 Å². The summed E-state index contributed by atoms with van der Waals surface area (Å²) in [5.74, 6) is 2.80. The number of hydrogen-bond acceptors (Lipinski definition) is 0. The van der Waals surface area contributed by atoms with Crippen LogP contribution in [0.15, 0.2) is 261 Å². The molecule has 4 nitrogen and oxygen atoms in total. The normalized spacial score (nSPS) is 17.3. The van der Waals surface area contributed by atoms with E-state index in [-0.39, 0.29) is 32.5 Å². The fourth-order valence-corrected chi connectivity index (χ4v) is 26.6. The molecular weight excluding hydrogens is 1670 g/mol. The Kier molecular flexibility index (Phi) is 24.6. The number of nitrogens with zero attached hydrogens (tertiary/aromatic N) is 4. The lowest BCUT2D eigenvalue weighted by molar-refractivity contribution is -0.660. The zero-order valence-electron chi connectivity index (χ0n) is 87.4. The Morgan fingerprint density at radius 1 is 0.290 bits per heavy atom. The van der Waals surface area contributed by atoms with Gasteiger partial charge >= 0.3 is 0 Å². The number of aryl methyl sites for hydroxylation is 10. The lowest BCUT2D eigenvalue weighted by Gasteiger charge is -2.49. The van der Waals surface area contributed by atoms with Gasteiger partial charge in [-0.05, 0) is 314 Å². The largest absolute Gasteiger partial charge is 0.213 e. The van der Waals surface area contributed by atoms with E-state index in [0.717, 1.165) is 24.7 Å². The SMILES string of the molecule is Cc1c[n+](C)c(-c2c(C)ccc3c2CCc2cc4ccccc4cc2-3)cc1C(C)C.Cc1cc2c(cc1-c1cc(C3CCCC3)cc[n+]1C)-c1ccc3ccccc3c1C(C)(C)C2(C)C.Cc1cc2c(cc1-c1cc(C3CCCCC3)cc[n+]1C)-c1c(ccc3ccccc13)C(C)(C)C2(C)C.Cc1ccc2c(c1-c1cc(CC3CCCCC3)cc[n+]1C)C(C)(C)C(C)(C)c1c-2ccc2ccccc12. The van der Waals surface area contributed by atoms with E-state index in [2.05, 4.69) is 439 Å². The van der Waals surface area contributed by atoms with Gasteiger partial charge in [-0.15, -0.1) is 0 Å². The van der Waals surface area contributed by atoms with Gasteiger partial charge in [-0.1, -0.05) is 337 Å². The fraction of sp³-hybridized carbons (Fsp3) is 0.373. The minimum absolute atomic E-state index is 0.0105. The Balaban J connectivity index is 0.000000114. The van der Waals surface area contributed by atoms with Crippen molar-refractivity contribution < 1.29 is 18.3 Å². The van der Waals surface area contributed by atoms with Gasteiger partial charge in [0.05, 0.1) is 11.1 Å². The van der Waals surface area contributed by atoms with Gasteiger partial charge in [0.15, 0.2) is 24.8 Å². The van der Waals surface area contributed by atoms with Crippen LogP contribution in [0.3, 0.4) is 0 Å². The lowest BCUT2D eigenvalue weighted by atomic mass is 9.53. The molecule has 0 N–H and O–H groups in total. The summed E-state index contributed by atoms with van der Waals surface area (Å²) in [5, 5.41) is 10.8. The van der Waals surface area contributed by atoms with Gasteiger partial charge in [-0.25, -0.2) is 18.3 Å². The van der Waals surface area contributed by atoms with Crippen LogP contribution >= 0.6 is 0 Å². The number of fused-ring (bicyclic) bond motifs is 19. The molecule has 7 aliphatic rings. The topological polar surface area (TPSA) is 15.5 Å². The van der Waals surface area contributed by atoms with Gasteiger partial charge < -0.3 is 0 Å². The molecule has 3 saturated carbocycles. The van der Waals surface area contributed by atoms with Crippen molar-refractivity contribution in [1.29, 1.82) is 0 Å². The molecule has 4 heteroatoms. The second-order valence-corrected chi connectivity index (χ2v) is 46.7. The molecule has 0 atom stereocenters. The number of pyridine rings is 4. The highest BCUT2D eigenvalue weighted by molar-refractivity contribution is 6.03. The van der Waals surface area contributed by atoms with E-state index < -0.39 is 0 Å². The van der Waals surface area contributed by atoms with Crippen molar-refractivity contribution in [3.8, 4) is 89.5 Å².